The maximum atomic E-state index is 11.7. The molecule has 0 heterocycles. The lowest BCUT2D eigenvalue weighted by Gasteiger charge is -2.16. The first-order valence-corrected chi connectivity index (χ1v) is 6.43. The second kappa shape index (κ2) is 6.99. The summed E-state index contributed by atoms with van der Waals surface area (Å²) >= 11 is 6.06. The third-order valence-electron chi connectivity index (χ3n) is 2.46. The summed E-state index contributed by atoms with van der Waals surface area (Å²) in [4.78, 5) is 23.0. The molecule has 1 aromatic rings. The van der Waals surface area contributed by atoms with Crippen molar-refractivity contribution in [2.45, 2.75) is 26.8 Å². The molecule has 3 N–H and O–H groups in total. The Morgan fingerprint density at radius 1 is 1.37 bits per heavy atom. The molecule has 0 spiro atoms. The number of carbonyl (C=O) groups excluding carboxylic acids is 2. The minimum Gasteiger partial charge on any atom is -0.373 e. The van der Waals surface area contributed by atoms with Gasteiger partial charge < -0.3 is 10.6 Å². The van der Waals surface area contributed by atoms with Gasteiger partial charge in [0.1, 0.15) is 6.04 Å². The van der Waals surface area contributed by atoms with Gasteiger partial charge in [-0.25, -0.2) is 4.79 Å². The van der Waals surface area contributed by atoms with Crippen LogP contribution < -0.4 is 16.0 Å². The van der Waals surface area contributed by atoms with Crippen LogP contribution in [0.4, 0.5) is 10.5 Å². The van der Waals surface area contributed by atoms with Crippen LogP contribution >= 0.6 is 11.6 Å². The average molecular weight is 284 g/mol. The molecule has 0 aliphatic rings. The summed E-state index contributed by atoms with van der Waals surface area (Å²) < 4.78 is 0. The molecule has 6 heteroatoms. The number of nitrogens with one attached hydrogen (secondary N) is 3. The van der Waals surface area contributed by atoms with Crippen molar-refractivity contribution < 1.29 is 9.59 Å². The van der Waals surface area contributed by atoms with Gasteiger partial charge in [0.2, 0.25) is 5.91 Å². The third-order valence-corrected chi connectivity index (χ3v) is 2.78. The molecule has 1 rings (SSSR count). The van der Waals surface area contributed by atoms with Crippen LogP contribution in [0.3, 0.4) is 0 Å². The van der Waals surface area contributed by atoms with Crippen molar-refractivity contribution in [3.05, 3.63) is 28.8 Å². The predicted molar refractivity (Wildman–Crippen MR) is 76.5 cm³/mol. The molecule has 0 aromatic heterocycles. The number of urea groups is 1. The molecular formula is C13H18ClN3O2. The van der Waals surface area contributed by atoms with Gasteiger partial charge in [0, 0.05) is 6.54 Å². The van der Waals surface area contributed by atoms with E-state index in [-0.39, 0.29) is 0 Å². The summed E-state index contributed by atoms with van der Waals surface area (Å²) in [6.45, 7) is 5.83. The number of amides is 3. The zero-order valence-electron chi connectivity index (χ0n) is 11.2. The maximum Gasteiger partial charge on any atom is 0.321 e. The smallest absolute Gasteiger partial charge is 0.321 e. The van der Waals surface area contributed by atoms with Crippen LogP contribution in [0.5, 0.6) is 0 Å². The van der Waals surface area contributed by atoms with Crippen LogP contribution in [0.2, 0.25) is 5.02 Å². The van der Waals surface area contributed by atoms with Crippen molar-refractivity contribution >= 4 is 29.2 Å². The van der Waals surface area contributed by atoms with Crippen molar-refractivity contribution in [3.8, 4) is 0 Å². The summed E-state index contributed by atoms with van der Waals surface area (Å²) in [5, 5.41) is 8.23. The maximum absolute atomic E-state index is 11.7. The number of halogens is 1. The first-order valence-electron chi connectivity index (χ1n) is 6.05. The quantitative estimate of drug-likeness (QED) is 0.794. The lowest BCUT2D eigenvalue weighted by atomic mass is 10.2. The van der Waals surface area contributed by atoms with Crippen LogP contribution in [0.15, 0.2) is 18.2 Å². The summed E-state index contributed by atoms with van der Waals surface area (Å²) in [5.74, 6) is -0.414. The Balaban J connectivity index is 2.61. The fraction of sp³-hybridized carbons (Fsp3) is 0.385. The highest BCUT2D eigenvalue weighted by molar-refractivity contribution is 6.33. The second-order valence-electron chi connectivity index (χ2n) is 4.20. The molecule has 5 nitrogen and oxygen atoms in total. The van der Waals surface area contributed by atoms with Gasteiger partial charge >= 0.3 is 6.03 Å². The molecule has 0 radical (unpaired) electrons. The predicted octanol–water partition coefficient (Wildman–Crippen LogP) is 2.29. The lowest BCUT2D eigenvalue weighted by molar-refractivity contribution is -0.120. The van der Waals surface area contributed by atoms with Crippen LogP contribution in [0.25, 0.3) is 0 Å². The van der Waals surface area contributed by atoms with Crippen LogP contribution in [0.1, 0.15) is 19.4 Å². The number of anilines is 1. The van der Waals surface area contributed by atoms with Gasteiger partial charge in [-0.1, -0.05) is 17.7 Å². The van der Waals surface area contributed by atoms with E-state index in [0.29, 0.717) is 17.3 Å². The van der Waals surface area contributed by atoms with Gasteiger partial charge in [0.15, 0.2) is 0 Å². The fourth-order valence-electron chi connectivity index (χ4n) is 1.46. The van der Waals surface area contributed by atoms with Crippen molar-refractivity contribution in [2.24, 2.45) is 0 Å². The summed E-state index contributed by atoms with van der Waals surface area (Å²) in [7, 11) is 0. The molecule has 1 unspecified atom stereocenters. The number of hydrogen-bond donors (Lipinski definition) is 3. The lowest BCUT2D eigenvalue weighted by Crippen LogP contribution is -2.45. The monoisotopic (exact) mass is 283 g/mol. The van der Waals surface area contributed by atoms with Gasteiger partial charge in [-0.3, -0.25) is 10.1 Å². The number of hydrogen-bond acceptors (Lipinski definition) is 3. The Bertz CT molecular complexity index is 477. The zero-order valence-corrected chi connectivity index (χ0v) is 12.0. The fourth-order valence-corrected chi connectivity index (χ4v) is 1.75. The number of benzene rings is 1. The molecule has 0 fully saturated rings. The van der Waals surface area contributed by atoms with Gasteiger partial charge in [-0.2, -0.15) is 0 Å². The Hall–Kier alpha value is -1.75. The molecule has 1 aromatic carbocycles. The van der Waals surface area contributed by atoms with E-state index in [1.165, 1.54) is 0 Å². The van der Waals surface area contributed by atoms with E-state index in [0.717, 1.165) is 5.56 Å². The molecular weight excluding hydrogens is 266 g/mol. The molecule has 0 aliphatic carbocycles. The van der Waals surface area contributed by atoms with Crippen molar-refractivity contribution in [3.63, 3.8) is 0 Å². The van der Waals surface area contributed by atoms with Gasteiger partial charge in [0.25, 0.3) is 0 Å². The Morgan fingerprint density at radius 3 is 2.63 bits per heavy atom. The number of aryl methyl sites for hydroxylation is 1. The van der Waals surface area contributed by atoms with E-state index in [1.54, 1.807) is 26.0 Å². The van der Waals surface area contributed by atoms with Crippen LogP contribution in [-0.2, 0) is 4.79 Å². The largest absolute Gasteiger partial charge is 0.373 e. The van der Waals surface area contributed by atoms with Gasteiger partial charge in [-0.05, 0) is 38.5 Å². The van der Waals surface area contributed by atoms with E-state index < -0.39 is 18.0 Å². The second-order valence-corrected chi connectivity index (χ2v) is 4.61. The van der Waals surface area contributed by atoms with E-state index in [1.807, 2.05) is 13.0 Å². The number of carbonyl (C=O) groups is 2. The summed E-state index contributed by atoms with van der Waals surface area (Å²) in [6.07, 6.45) is 0. The van der Waals surface area contributed by atoms with Crippen LogP contribution in [-0.4, -0.2) is 24.5 Å². The first kappa shape index (κ1) is 15.3. The Kier molecular flexibility index (Phi) is 5.63. The Morgan fingerprint density at radius 2 is 2.05 bits per heavy atom. The minimum atomic E-state index is -0.567. The zero-order chi connectivity index (χ0) is 14.4. The van der Waals surface area contributed by atoms with Gasteiger partial charge in [-0.15, -0.1) is 0 Å². The van der Waals surface area contributed by atoms with Gasteiger partial charge in [0.05, 0.1) is 10.7 Å². The molecule has 104 valence electrons. The highest BCUT2D eigenvalue weighted by atomic mass is 35.5. The third kappa shape index (κ3) is 4.79. The van der Waals surface area contributed by atoms with E-state index in [2.05, 4.69) is 16.0 Å². The highest BCUT2D eigenvalue weighted by Gasteiger charge is 2.16. The van der Waals surface area contributed by atoms with Crippen LogP contribution in [0, 0.1) is 6.92 Å². The standard InChI is InChI=1S/C13H18ClN3O2/c1-4-15-13(19)17-12(18)9(3)16-11-6-5-8(2)7-10(11)14/h5-7,9,16H,4H2,1-3H3,(H2,15,17,18,19). The summed E-state index contributed by atoms with van der Waals surface area (Å²) in [5.41, 5.74) is 1.70. The van der Waals surface area contributed by atoms with E-state index in [4.69, 9.17) is 11.6 Å². The first-order chi connectivity index (χ1) is 8.93. The van der Waals surface area contributed by atoms with Crippen molar-refractivity contribution in [1.82, 2.24) is 10.6 Å². The number of imide groups is 1. The Labute approximate surface area is 117 Å². The topological polar surface area (TPSA) is 70.2 Å². The molecule has 0 saturated heterocycles. The SMILES string of the molecule is CCNC(=O)NC(=O)C(C)Nc1ccc(C)cc1Cl. The van der Waals surface area contributed by atoms with Crippen molar-refractivity contribution in [1.29, 1.82) is 0 Å². The normalized spacial score (nSPS) is 11.6. The van der Waals surface area contributed by atoms with E-state index >= 15 is 0 Å². The average Bonchev–Trinajstić information content (AvgIpc) is 2.32. The van der Waals surface area contributed by atoms with Crippen molar-refractivity contribution in [2.75, 3.05) is 11.9 Å². The minimum absolute atomic E-state index is 0.414. The highest BCUT2D eigenvalue weighted by Crippen LogP contribution is 2.23. The molecule has 0 saturated carbocycles. The molecule has 0 bridgehead atoms. The molecule has 19 heavy (non-hydrogen) atoms. The van der Waals surface area contributed by atoms with E-state index in [9.17, 15) is 9.59 Å². The molecule has 0 aliphatic heterocycles. The molecule has 3 amide bonds. The number of rotatable bonds is 4. The molecule has 1 atom stereocenters. The summed E-state index contributed by atoms with van der Waals surface area (Å²) in [6, 6.07) is 4.42.